The second-order valence-corrected chi connectivity index (χ2v) is 18.2. The minimum Gasteiger partial charge on any atom is -0.334 e. The molecule has 4 heteroatoms. The average molecular weight is 787 g/mol. The quantitative estimate of drug-likeness (QED) is 0.163. The van der Waals surface area contributed by atoms with Gasteiger partial charge in [-0.3, -0.25) is 0 Å². The van der Waals surface area contributed by atoms with Gasteiger partial charge in [0.25, 0.3) is 0 Å². The number of rotatable bonds is 4. The fourth-order valence-corrected chi connectivity index (χ4v) is 11.8. The molecule has 3 aliphatic rings. The van der Waals surface area contributed by atoms with Gasteiger partial charge in [0.2, 0.25) is 0 Å². The van der Waals surface area contributed by atoms with Crippen molar-refractivity contribution in [3.63, 3.8) is 0 Å². The van der Waals surface area contributed by atoms with Crippen molar-refractivity contribution >= 4 is 82.5 Å². The van der Waals surface area contributed by atoms with Gasteiger partial charge in [0.1, 0.15) is 0 Å². The molecule has 1 aliphatic heterocycles. The first kappa shape index (κ1) is 34.8. The van der Waals surface area contributed by atoms with Crippen molar-refractivity contribution in [3.05, 3.63) is 193 Å². The van der Waals surface area contributed by atoms with Gasteiger partial charge in [0.15, 0.2) is 0 Å². The van der Waals surface area contributed by atoms with Crippen LogP contribution in [0.2, 0.25) is 0 Å². The third kappa shape index (κ3) is 4.60. The molecule has 0 spiro atoms. The normalized spacial score (nSPS) is 21.2. The van der Waals surface area contributed by atoms with Crippen molar-refractivity contribution in [1.82, 2.24) is 13.7 Å². The fourth-order valence-electron chi connectivity index (χ4n) is 11.8. The molecular weight excluding hydrogens is 741 g/mol. The van der Waals surface area contributed by atoms with E-state index >= 15 is 0 Å². The third-order valence-electron chi connectivity index (χ3n) is 14.9. The average Bonchev–Trinajstić information content (AvgIpc) is 4.00. The Kier molecular flexibility index (Phi) is 7.13. The van der Waals surface area contributed by atoms with Crippen LogP contribution in [0.1, 0.15) is 45.6 Å². The molecule has 3 aromatic heterocycles. The van der Waals surface area contributed by atoms with Crippen LogP contribution in [-0.4, -0.2) is 13.7 Å². The van der Waals surface area contributed by atoms with E-state index in [1.165, 1.54) is 99.4 Å². The van der Waals surface area contributed by atoms with Crippen LogP contribution >= 0.6 is 0 Å². The minimum atomic E-state index is -0.357. The van der Waals surface area contributed by atoms with E-state index in [1.807, 2.05) is 0 Å². The lowest BCUT2D eigenvalue weighted by Crippen LogP contribution is -2.37. The number of benzene rings is 7. The van der Waals surface area contributed by atoms with Gasteiger partial charge < -0.3 is 18.6 Å². The Labute approximate surface area is 355 Å². The Bertz CT molecular complexity index is 3560. The molecule has 4 heterocycles. The molecule has 0 N–H and O–H groups in total. The molecule has 61 heavy (non-hydrogen) atoms. The predicted octanol–water partition coefficient (Wildman–Crippen LogP) is 14.9. The zero-order valence-electron chi connectivity index (χ0n) is 34.8. The smallest absolute Gasteiger partial charge is 0.0603 e. The van der Waals surface area contributed by atoms with E-state index in [1.54, 1.807) is 0 Å². The van der Waals surface area contributed by atoms with Gasteiger partial charge >= 0.3 is 0 Å². The number of hydrogen-bond donors (Lipinski definition) is 0. The number of anilines is 2. The highest BCUT2D eigenvalue weighted by Crippen LogP contribution is 2.59. The molecule has 0 fully saturated rings. The Hall–Kier alpha value is -7.04. The maximum absolute atomic E-state index is 2.70. The van der Waals surface area contributed by atoms with Crippen LogP contribution < -0.4 is 4.90 Å². The topological polar surface area (TPSA) is 18.0 Å². The van der Waals surface area contributed by atoms with E-state index < -0.39 is 0 Å². The molecule has 0 saturated carbocycles. The highest BCUT2D eigenvalue weighted by atomic mass is 15.2. The number of aromatic nitrogens is 3. The molecule has 3 unspecified atom stereocenters. The minimum absolute atomic E-state index is 0.0487. The molecule has 0 saturated heterocycles. The van der Waals surface area contributed by atoms with Crippen LogP contribution in [0.4, 0.5) is 11.4 Å². The molecule has 13 rings (SSSR count). The summed E-state index contributed by atoms with van der Waals surface area (Å²) in [5.41, 5.74) is 14.9. The van der Waals surface area contributed by atoms with Crippen LogP contribution in [-0.2, 0) is 11.0 Å². The summed E-state index contributed by atoms with van der Waals surface area (Å²) in [7, 11) is 0. The molecule has 3 atom stereocenters. The van der Waals surface area contributed by atoms with E-state index in [-0.39, 0.29) is 11.0 Å². The van der Waals surface area contributed by atoms with Crippen LogP contribution in [0.3, 0.4) is 0 Å². The summed E-state index contributed by atoms with van der Waals surface area (Å²) in [6, 6.07) is 58.8. The van der Waals surface area contributed by atoms with Gasteiger partial charge in [0.05, 0.1) is 33.3 Å². The lowest BCUT2D eigenvalue weighted by Gasteiger charge is -2.40. The molecule has 0 radical (unpaired) electrons. The number of fused-ring (bicyclic) bond motifs is 13. The van der Waals surface area contributed by atoms with Gasteiger partial charge in [0, 0.05) is 83.5 Å². The summed E-state index contributed by atoms with van der Waals surface area (Å²) in [5, 5.41) is 7.83. The van der Waals surface area contributed by atoms with Crippen molar-refractivity contribution in [2.24, 2.45) is 5.92 Å². The van der Waals surface area contributed by atoms with E-state index in [2.05, 4.69) is 221 Å². The second kappa shape index (κ2) is 12.5. The first-order valence-corrected chi connectivity index (χ1v) is 21.9. The summed E-state index contributed by atoms with van der Waals surface area (Å²) < 4.78 is 7.83. The number of para-hydroxylation sites is 5. The van der Waals surface area contributed by atoms with Crippen LogP contribution in [0.5, 0.6) is 0 Å². The number of hydrogen-bond acceptors (Lipinski definition) is 1. The number of nitrogens with zero attached hydrogens (tertiary/aromatic N) is 4. The Morgan fingerprint density at radius 2 is 1.11 bits per heavy atom. The molecule has 0 bridgehead atoms. The Morgan fingerprint density at radius 3 is 1.84 bits per heavy atom. The molecular formula is C57H46N4. The second-order valence-electron chi connectivity index (χ2n) is 18.2. The van der Waals surface area contributed by atoms with E-state index in [0.29, 0.717) is 5.92 Å². The van der Waals surface area contributed by atoms with Gasteiger partial charge in [-0.1, -0.05) is 116 Å². The fraction of sp³-hybridized carbons (Fsp3) is 0.158. The molecule has 7 aromatic carbocycles. The van der Waals surface area contributed by atoms with Gasteiger partial charge in [-0.05, 0) is 105 Å². The molecule has 2 aliphatic carbocycles. The van der Waals surface area contributed by atoms with Crippen molar-refractivity contribution in [2.45, 2.75) is 51.0 Å². The monoisotopic (exact) mass is 786 g/mol. The Morgan fingerprint density at radius 1 is 0.508 bits per heavy atom. The highest BCUT2D eigenvalue weighted by molar-refractivity contribution is 6.19. The first-order chi connectivity index (χ1) is 29.9. The number of allylic oxidation sites excluding steroid dienone is 6. The SMILES string of the molecule is CC1CC=CCC1(C)n1c2ccccc2c2cc3c4ccccc4n(C4=CC=C5N(c6ccccc6)c6ccc7c8ccccc8n(-c8ccccc8)c7c6C5(C)C4)c3cc21. The molecule has 0 amide bonds. The van der Waals surface area contributed by atoms with E-state index in [0.717, 1.165) is 19.3 Å². The van der Waals surface area contributed by atoms with Crippen molar-refractivity contribution in [2.75, 3.05) is 4.90 Å². The summed E-state index contributed by atoms with van der Waals surface area (Å²) in [6.07, 6.45) is 12.6. The summed E-state index contributed by atoms with van der Waals surface area (Å²) in [5.74, 6) is 0.501. The lowest BCUT2D eigenvalue weighted by atomic mass is 9.74. The van der Waals surface area contributed by atoms with E-state index in [4.69, 9.17) is 0 Å². The first-order valence-electron chi connectivity index (χ1n) is 21.9. The third-order valence-corrected chi connectivity index (χ3v) is 14.9. The summed E-state index contributed by atoms with van der Waals surface area (Å²) in [4.78, 5) is 2.53. The predicted molar refractivity (Wildman–Crippen MR) is 257 cm³/mol. The molecule has 4 nitrogen and oxygen atoms in total. The van der Waals surface area contributed by atoms with Crippen molar-refractivity contribution in [3.8, 4) is 5.69 Å². The zero-order chi connectivity index (χ0) is 40.6. The van der Waals surface area contributed by atoms with Gasteiger partial charge in [-0.15, -0.1) is 0 Å². The van der Waals surface area contributed by atoms with Crippen molar-refractivity contribution in [1.29, 1.82) is 0 Å². The van der Waals surface area contributed by atoms with E-state index in [9.17, 15) is 0 Å². The van der Waals surface area contributed by atoms with Gasteiger partial charge in [-0.2, -0.15) is 0 Å². The Balaban J connectivity index is 1.10. The maximum Gasteiger partial charge on any atom is 0.0603 e. The largest absolute Gasteiger partial charge is 0.334 e. The van der Waals surface area contributed by atoms with Crippen LogP contribution in [0.15, 0.2) is 188 Å². The summed E-state index contributed by atoms with van der Waals surface area (Å²) >= 11 is 0. The molecule has 10 aromatic rings. The highest BCUT2D eigenvalue weighted by Gasteiger charge is 2.48. The van der Waals surface area contributed by atoms with Crippen molar-refractivity contribution < 1.29 is 0 Å². The summed E-state index contributed by atoms with van der Waals surface area (Å²) in [6.45, 7) is 7.42. The molecule has 294 valence electrons. The van der Waals surface area contributed by atoms with Crippen LogP contribution in [0, 0.1) is 5.92 Å². The standard InChI is InChI=1S/C57H46N4/c1-37-18-16-17-33-57(37,3)61-49-28-15-12-25-43(49)46-34-45-42-24-11-13-26-47(42)58(51(45)35-52(46)61)40-29-32-53-56(2,36-40)54-50(59(53)38-19-6-4-7-20-38)31-30-44-41-23-10-14-27-48(41)60(55(44)54)39-21-8-5-9-22-39/h4-17,19-32,34-35,37H,18,33,36H2,1-3H3. The van der Waals surface area contributed by atoms with Gasteiger partial charge in [-0.25, -0.2) is 0 Å². The zero-order valence-corrected chi connectivity index (χ0v) is 34.8. The maximum atomic E-state index is 2.70. The van der Waals surface area contributed by atoms with Crippen LogP contribution in [0.25, 0.3) is 76.8 Å². The lowest BCUT2D eigenvalue weighted by molar-refractivity contribution is 0.213.